The Morgan fingerprint density at radius 1 is 1.19 bits per heavy atom. The molecule has 3 rings (SSSR count). The summed E-state index contributed by atoms with van der Waals surface area (Å²) in [7, 11) is 1.82. The fourth-order valence-electron chi connectivity index (χ4n) is 1.79. The maximum Gasteiger partial charge on any atom is 0.227 e. The predicted molar refractivity (Wildman–Crippen MR) is 59.2 cm³/mol. The lowest BCUT2D eigenvalue weighted by Gasteiger charge is -1.99. The van der Waals surface area contributed by atoms with Crippen molar-refractivity contribution in [3.05, 3.63) is 24.5 Å². The van der Waals surface area contributed by atoms with Crippen LogP contribution in [-0.4, -0.2) is 24.7 Å². The molecule has 0 aliphatic carbocycles. The van der Waals surface area contributed by atoms with E-state index < -0.39 is 0 Å². The van der Waals surface area contributed by atoms with E-state index in [1.165, 1.54) is 0 Å². The fourth-order valence-corrected chi connectivity index (χ4v) is 1.79. The summed E-state index contributed by atoms with van der Waals surface area (Å²) in [5, 5.41) is 8.92. The molecule has 0 aliphatic heterocycles. The van der Waals surface area contributed by atoms with Gasteiger partial charge >= 0.3 is 0 Å². The number of anilines is 1. The summed E-state index contributed by atoms with van der Waals surface area (Å²) in [6.07, 6.45) is 3.27. The second-order valence-electron chi connectivity index (χ2n) is 3.46. The standard InChI is InChI=1S/C10H9N5O/c1-15-7-3-2-6-8(12-5-4-11-6)9(7)13-10(15)14-16/h2-5,16H,1H3,(H,13,14). The minimum absolute atomic E-state index is 0.383. The average Bonchev–Trinajstić information content (AvgIpc) is 2.67. The van der Waals surface area contributed by atoms with Crippen LogP contribution in [-0.2, 0) is 7.05 Å². The Morgan fingerprint density at radius 3 is 2.81 bits per heavy atom. The monoisotopic (exact) mass is 215 g/mol. The predicted octanol–water partition coefficient (Wildman–Crippen LogP) is 1.32. The molecule has 0 amide bonds. The van der Waals surface area contributed by atoms with Crippen LogP contribution >= 0.6 is 0 Å². The van der Waals surface area contributed by atoms with Gasteiger partial charge in [-0.2, -0.15) is 0 Å². The van der Waals surface area contributed by atoms with E-state index in [-0.39, 0.29) is 0 Å². The van der Waals surface area contributed by atoms with Gasteiger partial charge in [-0.1, -0.05) is 0 Å². The second kappa shape index (κ2) is 3.14. The number of imidazole rings is 1. The third kappa shape index (κ3) is 1.07. The van der Waals surface area contributed by atoms with Gasteiger partial charge in [0.05, 0.1) is 11.0 Å². The van der Waals surface area contributed by atoms with Crippen molar-refractivity contribution in [1.82, 2.24) is 19.5 Å². The van der Waals surface area contributed by atoms with Gasteiger partial charge in [0.15, 0.2) is 0 Å². The van der Waals surface area contributed by atoms with E-state index in [9.17, 15) is 0 Å². The number of aryl methyl sites for hydroxylation is 1. The van der Waals surface area contributed by atoms with E-state index >= 15 is 0 Å². The summed E-state index contributed by atoms with van der Waals surface area (Å²) in [4.78, 5) is 12.7. The maximum atomic E-state index is 8.92. The number of nitrogens with one attached hydrogen (secondary N) is 1. The molecule has 0 saturated carbocycles. The number of fused-ring (bicyclic) bond motifs is 3. The molecular formula is C10H9N5O. The van der Waals surface area contributed by atoms with Crippen molar-refractivity contribution in [3.63, 3.8) is 0 Å². The number of rotatable bonds is 1. The summed E-state index contributed by atoms with van der Waals surface area (Å²) in [5.74, 6) is 0.383. The van der Waals surface area contributed by atoms with Crippen LogP contribution in [0.15, 0.2) is 24.5 Å². The van der Waals surface area contributed by atoms with Crippen LogP contribution in [0, 0.1) is 0 Å². The highest BCUT2D eigenvalue weighted by molar-refractivity contribution is 6.00. The van der Waals surface area contributed by atoms with Gasteiger partial charge in [0.1, 0.15) is 11.0 Å². The Bertz CT molecular complexity index is 675. The number of nitrogens with zero attached hydrogens (tertiary/aromatic N) is 4. The Hall–Kier alpha value is -2.21. The van der Waals surface area contributed by atoms with Gasteiger partial charge in [0.2, 0.25) is 5.95 Å². The Kier molecular flexibility index (Phi) is 1.78. The van der Waals surface area contributed by atoms with Crippen molar-refractivity contribution >= 4 is 28.0 Å². The smallest absolute Gasteiger partial charge is 0.227 e. The lowest BCUT2D eigenvalue weighted by Crippen LogP contribution is -1.98. The molecule has 0 atom stereocenters. The molecule has 3 aromatic rings. The van der Waals surface area contributed by atoms with Gasteiger partial charge in [-0.25, -0.2) is 10.5 Å². The first-order chi connectivity index (χ1) is 7.81. The van der Waals surface area contributed by atoms with Gasteiger partial charge in [-0.05, 0) is 12.1 Å². The van der Waals surface area contributed by atoms with E-state index in [0.29, 0.717) is 5.95 Å². The molecule has 0 fully saturated rings. The summed E-state index contributed by atoms with van der Waals surface area (Å²) >= 11 is 0. The summed E-state index contributed by atoms with van der Waals surface area (Å²) in [6.45, 7) is 0. The zero-order valence-corrected chi connectivity index (χ0v) is 8.55. The summed E-state index contributed by atoms with van der Waals surface area (Å²) in [5.41, 5.74) is 5.20. The van der Waals surface area contributed by atoms with Crippen molar-refractivity contribution in [2.45, 2.75) is 0 Å². The van der Waals surface area contributed by atoms with Gasteiger partial charge in [-0.15, -0.1) is 0 Å². The Morgan fingerprint density at radius 2 is 2.00 bits per heavy atom. The highest BCUT2D eigenvalue weighted by atomic mass is 16.5. The number of hydrogen-bond donors (Lipinski definition) is 2. The van der Waals surface area contributed by atoms with Crippen LogP contribution in [0.5, 0.6) is 0 Å². The van der Waals surface area contributed by atoms with Gasteiger partial charge in [-0.3, -0.25) is 15.2 Å². The zero-order valence-electron chi connectivity index (χ0n) is 8.55. The molecule has 0 aliphatic rings. The molecule has 1 aromatic carbocycles. The third-order valence-corrected chi connectivity index (χ3v) is 2.59. The van der Waals surface area contributed by atoms with E-state index in [2.05, 4.69) is 20.4 Å². The molecule has 2 N–H and O–H groups in total. The van der Waals surface area contributed by atoms with Crippen molar-refractivity contribution in [3.8, 4) is 0 Å². The molecule has 2 heterocycles. The number of benzene rings is 1. The summed E-state index contributed by atoms with van der Waals surface area (Å²) < 4.78 is 1.75. The lowest BCUT2D eigenvalue weighted by atomic mass is 10.2. The lowest BCUT2D eigenvalue weighted by molar-refractivity contribution is 0.380. The molecule has 16 heavy (non-hydrogen) atoms. The Balaban J connectivity index is 2.51. The quantitative estimate of drug-likeness (QED) is 0.599. The SMILES string of the molecule is Cn1c(NO)nc2c3nccnc3ccc21. The third-order valence-electron chi connectivity index (χ3n) is 2.59. The topological polar surface area (TPSA) is 75.9 Å². The van der Waals surface area contributed by atoms with Crippen LogP contribution in [0.2, 0.25) is 0 Å². The number of aromatic nitrogens is 4. The van der Waals surface area contributed by atoms with Crippen LogP contribution in [0.4, 0.5) is 5.95 Å². The minimum atomic E-state index is 0.383. The minimum Gasteiger partial charge on any atom is -0.312 e. The van der Waals surface area contributed by atoms with Gasteiger partial charge in [0.25, 0.3) is 0 Å². The van der Waals surface area contributed by atoms with Gasteiger partial charge in [0, 0.05) is 19.4 Å². The molecule has 0 unspecified atom stereocenters. The second-order valence-corrected chi connectivity index (χ2v) is 3.46. The van der Waals surface area contributed by atoms with E-state index in [4.69, 9.17) is 5.21 Å². The average molecular weight is 215 g/mol. The van der Waals surface area contributed by atoms with Gasteiger partial charge < -0.3 is 4.57 Å². The zero-order chi connectivity index (χ0) is 11.1. The first-order valence-corrected chi connectivity index (χ1v) is 4.77. The van der Waals surface area contributed by atoms with Crippen molar-refractivity contribution in [1.29, 1.82) is 0 Å². The molecule has 6 nitrogen and oxygen atoms in total. The molecule has 2 aromatic heterocycles. The highest BCUT2D eigenvalue weighted by Gasteiger charge is 2.10. The highest BCUT2D eigenvalue weighted by Crippen LogP contribution is 2.23. The molecule has 6 heteroatoms. The molecule has 0 radical (unpaired) electrons. The van der Waals surface area contributed by atoms with E-state index in [1.807, 2.05) is 19.2 Å². The van der Waals surface area contributed by atoms with Crippen molar-refractivity contribution < 1.29 is 5.21 Å². The summed E-state index contributed by atoms with van der Waals surface area (Å²) in [6, 6.07) is 3.79. The molecule has 0 spiro atoms. The van der Waals surface area contributed by atoms with E-state index in [0.717, 1.165) is 22.1 Å². The van der Waals surface area contributed by atoms with E-state index in [1.54, 1.807) is 17.0 Å². The van der Waals surface area contributed by atoms with Crippen molar-refractivity contribution in [2.24, 2.45) is 7.05 Å². The molecule has 0 saturated heterocycles. The molecule has 0 bridgehead atoms. The van der Waals surface area contributed by atoms with Crippen molar-refractivity contribution in [2.75, 3.05) is 5.48 Å². The molecular weight excluding hydrogens is 206 g/mol. The number of hydrogen-bond acceptors (Lipinski definition) is 5. The first kappa shape index (κ1) is 9.05. The fraction of sp³-hybridized carbons (Fsp3) is 0.100. The maximum absolute atomic E-state index is 8.92. The van der Waals surface area contributed by atoms with Crippen LogP contribution < -0.4 is 5.48 Å². The van der Waals surface area contributed by atoms with Crippen LogP contribution in [0.25, 0.3) is 22.1 Å². The van der Waals surface area contributed by atoms with Crippen LogP contribution in [0.3, 0.4) is 0 Å². The molecule has 80 valence electrons. The first-order valence-electron chi connectivity index (χ1n) is 4.77. The largest absolute Gasteiger partial charge is 0.312 e. The van der Waals surface area contributed by atoms with Crippen LogP contribution in [0.1, 0.15) is 0 Å². The normalized spacial score (nSPS) is 11.1. The Labute approximate surface area is 90.5 Å².